The Kier molecular flexibility index (Phi) is 3.31. The first-order chi connectivity index (χ1) is 6.08. The van der Waals surface area contributed by atoms with Gasteiger partial charge in [0.15, 0.2) is 0 Å². The van der Waals surface area contributed by atoms with E-state index in [9.17, 15) is 4.79 Å². The van der Waals surface area contributed by atoms with E-state index in [1.165, 1.54) is 0 Å². The molecule has 1 amide bonds. The number of aliphatic hydroxyl groups excluding tert-OH is 1. The Morgan fingerprint density at radius 2 is 2.15 bits per heavy atom. The number of carbonyl (C=O) groups is 1. The summed E-state index contributed by atoms with van der Waals surface area (Å²) in [4.78, 5) is 13.5. The molecule has 3 nitrogen and oxygen atoms in total. The second kappa shape index (κ2) is 4.09. The number of aliphatic hydroxyl groups is 1. The van der Waals surface area contributed by atoms with Crippen LogP contribution in [0.25, 0.3) is 0 Å². The van der Waals surface area contributed by atoms with E-state index >= 15 is 0 Å². The highest BCUT2D eigenvalue weighted by Crippen LogP contribution is 2.23. The van der Waals surface area contributed by atoms with E-state index in [0.717, 1.165) is 19.4 Å². The van der Waals surface area contributed by atoms with Crippen LogP contribution in [-0.4, -0.2) is 34.6 Å². The Morgan fingerprint density at radius 1 is 1.46 bits per heavy atom. The molecule has 0 aromatic carbocycles. The molecule has 1 saturated heterocycles. The lowest BCUT2D eigenvalue weighted by molar-refractivity contribution is -0.139. The van der Waals surface area contributed by atoms with Gasteiger partial charge in [-0.15, -0.1) is 0 Å². The second-order valence-electron chi connectivity index (χ2n) is 4.29. The van der Waals surface area contributed by atoms with E-state index in [-0.39, 0.29) is 18.1 Å². The topological polar surface area (TPSA) is 40.5 Å². The highest BCUT2D eigenvalue weighted by Gasteiger charge is 2.31. The minimum Gasteiger partial charge on any atom is -0.396 e. The quantitative estimate of drug-likeness (QED) is 0.716. The maximum absolute atomic E-state index is 11.6. The van der Waals surface area contributed by atoms with E-state index < -0.39 is 0 Å². The summed E-state index contributed by atoms with van der Waals surface area (Å²) in [5, 5.41) is 8.88. The van der Waals surface area contributed by atoms with Crippen LogP contribution in [0.2, 0.25) is 0 Å². The molecule has 0 bridgehead atoms. The van der Waals surface area contributed by atoms with Gasteiger partial charge in [-0.3, -0.25) is 4.79 Å². The zero-order valence-electron chi connectivity index (χ0n) is 8.55. The Hall–Kier alpha value is -0.570. The van der Waals surface area contributed by atoms with E-state index in [4.69, 9.17) is 5.11 Å². The molecule has 1 aliphatic rings. The largest absolute Gasteiger partial charge is 0.396 e. The van der Waals surface area contributed by atoms with Crippen LogP contribution in [0.15, 0.2) is 0 Å². The summed E-state index contributed by atoms with van der Waals surface area (Å²) in [6.07, 6.45) is 3.46. The number of nitrogens with zero attached hydrogens (tertiary/aromatic N) is 1. The lowest BCUT2D eigenvalue weighted by atomic mass is 9.95. The van der Waals surface area contributed by atoms with Crippen LogP contribution in [0.4, 0.5) is 0 Å². The molecule has 1 N–H and O–H groups in total. The van der Waals surface area contributed by atoms with Crippen LogP contribution in [0.5, 0.6) is 0 Å². The van der Waals surface area contributed by atoms with Crippen LogP contribution >= 0.6 is 0 Å². The van der Waals surface area contributed by atoms with Crippen molar-refractivity contribution >= 4 is 5.91 Å². The summed E-state index contributed by atoms with van der Waals surface area (Å²) in [7, 11) is 0. The molecule has 3 heteroatoms. The number of amides is 1. The van der Waals surface area contributed by atoms with Gasteiger partial charge in [-0.05, 0) is 33.1 Å². The molecule has 0 aromatic rings. The van der Waals surface area contributed by atoms with Crippen LogP contribution in [0.1, 0.15) is 39.5 Å². The van der Waals surface area contributed by atoms with Gasteiger partial charge in [-0.2, -0.15) is 0 Å². The van der Waals surface area contributed by atoms with Crippen molar-refractivity contribution in [2.45, 2.75) is 45.1 Å². The predicted molar refractivity (Wildman–Crippen MR) is 51.3 cm³/mol. The van der Waals surface area contributed by atoms with E-state index in [0.29, 0.717) is 12.8 Å². The maximum Gasteiger partial charge on any atom is 0.223 e. The molecule has 76 valence electrons. The van der Waals surface area contributed by atoms with Crippen molar-refractivity contribution in [2.75, 3.05) is 13.2 Å². The van der Waals surface area contributed by atoms with Crippen LogP contribution in [-0.2, 0) is 4.79 Å². The third-order valence-electron chi connectivity index (χ3n) is 2.78. The number of piperidine rings is 1. The molecule has 1 fully saturated rings. The molecule has 0 unspecified atom stereocenters. The van der Waals surface area contributed by atoms with Gasteiger partial charge < -0.3 is 10.0 Å². The van der Waals surface area contributed by atoms with Gasteiger partial charge >= 0.3 is 0 Å². The zero-order chi connectivity index (χ0) is 9.90. The monoisotopic (exact) mass is 185 g/mol. The molecule has 0 aromatic heterocycles. The highest BCUT2D eigenvalue weighted by molar-refractivity contribution is 5.77. The summed E-state index contributed by atoms with van der Waals surface area (Å²) in [6, 6.07) is 0. The van der Waals surface area contributed by atoms with Gasteiger partial charge in [0.05, 0.1) is 0 Å². The van der Waals surface area contributed by atoms with Gasteiger partial charge in [0, 0.05) is 25.1 Å². The standard InChI is InChI=1S/C10H19NO2/c1-10(2,6-8-12)11-7-4-3-5-9(11)13/h12H,3-8H2,1-2H3. The SMILES string of the molecule is CC(C)(CCO)N1CCCCC1=O. The predicted octanol–water partition coefficient (Wildman–Crippen LogP) is 1.16. The Bertz CT molecular complexity index is 189. The normalized spacial score (nSPS) is 19.3. The summed E-state index contributed by atoms with van der Waals surface area (Å²) in [5.74, 6) is 0.240. The van der Waals surface area contributed by atoms with Gasteiger partial charge in [0.25, 0.3) is 0 Å². The number of likely N-dealkylation sites (tertiary alicyclic amines) is 1. The average Bonchev–Trinajstić information content (AvgIpc) is 2.04. The minimum atomic E-state index is -0.174. The molecule has 1 heterocycles. The molecular formula is C10H19NO2. The molecule has 13 heavy (non-hydrogen) atoms. The first-order valence-corrected chi connectivity index (χ1v) is 4.99. The molecule has 0 saturated carbocycles. The zero-order valence-corrected chi connectivity index (χ0v) is 8.55. The van der Waals surface area contributed by atoms with E-state index in [1.807, 2.05) is 18.7 Å². The number of hydrogen-bond donors (Lipinski definition) is 1. The van der Waals surface area contributed by atoms with Crippen molar-refractivity contribution in [1.82, 2.24) is 4.90 Å². The van der Waals surface area contributed by atoms with Crippen molar-refractivity contribution in [1.29, 1.82) is 0 Å². The highest BCUT2D eigenvalue weighted by atomic mass is 16.3. The summed E-state index contributed by atoms with van der Waals surface area (Å²) >= 11 is 0. The molecule has 0 spiro atoms. The van der Waals surface area contributed by atoms with Crippen molar-refractivity contribution in [2.24, 2.45) is 0 Å². The average molecular weight is 185 g/mol. The number of rotatable bonds is 3. The molecule has 1 aliphatic heterocycles. The van der Waals surface area contributed by atoms with Crippen molar-refractivity contribution < 1.29 is 9.90 Å². The fraction of sp³-hybridized carbons (Fsp3) is 0.900. The van der Waals surface area contributed by atoms with E-state index in [2.05, 4.69) is 0 Å². The van der Waals surface area contributed by atoms with Crippen molar-refractivity contribution in [3.8, 4) is 0 Å². The fourth-order valence-corrected chi connectivity index (χ4v) is 1.85. The maximum atomic E-state index is 11.6. The van der Waals surface area contributed by atoms with Crippen LogP contribution in [0, 0.1) is 0 Å². The molecular weight excluding hydrogens is 166 g/mol. The Labute approximate surface area is 79.7 Å². The Morgan fingerprint density at radius 3 is 2.69 bits per heavy atom. The van der Waals surface area contributed by atoms with Crippen molar-refractivity contribution in [3.63, 3.8) is 0 Å². The first-order valence-electron chi connectivity index (χ1n) is 4.99. The second-order valence-corrected chi connectivity index (χ2v) is 4.29. The fourth-order valence-electron chi connectivity index (χ4n) is 1.85. The van der Waals surface area contributed by atoms with Gasteiger partial charge in [0.2, 0.25) is 5.91 Å². The third kappa shape index (κ3) is 2.44. The summed E-state index contributed by atoms with van der Waals surface area (Å²) in [5.41, 5.74) is -0.174. The van der Waals surface area contributed by atoms with Crippen molar-refractivity contribution in [3.05, 3.63) is 0 Å². The Balaban J connectivity index is 2.61. The molecule has 1 rings (SSSR count). The van der Waals surface area contributed by atoms with Gasteiger partial charge in [0.1, 0.15) is 0 Å². The van der Waals surface area contributed by atoms with Gasteiger partial charge in [-0.25, -0.2) is 0 Å². The third-order valence-corrected chi connectivity index (χ3v) is 2.78. The van der Waals surface area contributed by atoms with Gasteiger partial charge in [-0.1, -0.05) is 0 Å². The van der Waals surface area contributed by atoms with Crippen LogP contribution < -0.4 is 0 Å². The van der Waals surface area contributed by atoms with Crippen LogP contribution in [0.3, 0.4) is 0 Å². The minimum absolute atomic E-state index is 0.150. The molecule has 0 aliphatic carbocycles. The number of carbonyl (C=O) groups excluding carboxylic acids is 1. The smallest absolute Gasteiger partial charge is 0.223 e. The number of hydrogen-bond acceptors (Lipinski definition) is 2. The molecule has 0 atom stereocenters. The summed E-state index contributed by atoms with van der Waals surface area (Å²) in [6.45, 7) is 5.04. The van der Waals surface area contributed by atoms with E-state index in [1.54, 1.807) is 0 Å². The lowest BCUT2D eigenvalue weighted by Crippen LogP contribution is -2.50. The lowest BCUT2D eigenvalue weighted by Gasteiger charge is -2.40. The first kappa shape index (κ1) is 10.5. The molecule has 0 radical (unpaired) electrons. The summed E-state index contributed by atoms with van der Waals surface area (Å²) < 4.78 is 0.